The lowest BCUT2D eigenvalue weighted by atomic mass is 9.76. The molecule has 0 N–H and O–H groups in total. The highest BCUT2D eigenvalue weighted by molar-refractivity contribution is 6.32. The van der Waals surface area contributed by atoms with Gasteiger partial charge in [-0.1, -0.05) is 29.8 Å². The molecule has 0 saturated heterocycles. The Bertz CT molecular complexity index is 938. The molecule has 0 bridgehead atoms. The number of anilines is 1. The second kappa shape index (κ2) is 4.99. The number of fused-ring (bicyclic) bond motifs is 2. The van der Waals surface area contributed by atoms with E-state index in [0.29, 0.717) is 11.3 Å². The van der Waals surface area contributed by atoms with E-state index in [1.807, 2.05) is 31.3 Å². The molecule has 2 aliphatic heterocycles. The zero-order valence-corrected chi connectivity index (χ0v) is 14.9. The minimum Gasteiger partial charge on any atom is -0.461 e. The standard InChI is InChI=1S/C19H17ClN2O3/c1-18(2)14-6-4-5-7-16(14)21(3)19(18)9-8-12-10-13(22(23)24)11-15(20)17(12)25-19/h4-11H,1-3H3. The zero-order valence-electron chi connectivity index (χ0n) is 14.1. The van der Waals surface area contributed by atoms with Crippen LogP contribution < -0.4 is 9.64 Å². The molecule has 0 saturated carbocycles. The van der Waals surface area contributed by atoms with Crippen molar-refractivity contribution in [2.75, 3.05) is 11.9 Å². The van der Waals surface area contributed by atoms with Crippen LogP contribution in [0.1, 0.15) is 25.0 Å². The Balaban J connectivity index is 1.88. The van der Waals surface area contributed by atoms with E-state index >= 15 is 0 Å². The van der Waals surface area contributed by atoms with Crippen LogP contribution in [0.25, 0.3) is 6.08 Å². The van der Waals surface area contributed by atoms with E-state index < -0.39 is 10.6 Å². The summed E-state index contributed by atoms with van der Waals surface area (Å²) in [5, 5.41) is 11.3. The van der Waals surface area contributed by atoms with E-state index in [2.05, 4.69) is 30.9 Å². The maximum atomic E-state index is 11.1. The Labute approximate surface area is 150 Å². The summed E-state index contributed by atoms with van der Waals surface area (Å²) in [7, 11) is 1.99. The molecule has 0 aliphatic carbocycles. The van der Waals surface area contributed by atoms with Crippen LogP contribution in [0.5, 0.6) is 5.75 Å². The normalized spacial score (nSPS) is 22.5. The average molecular weight is 357 g/mol. The van der Waals surface area contributed by atoms with E-state index in [-0.39, 0.29) is 16.1 Å². The van der Waals surface area contributed by atoms with Crippen molar-refractivity contribution in [3.63, 3.8) is 0 Å². The number of nitro groups is 1. The predicted octanol–water partition coefficient (Wildman–Crippen LogP) is 4.78. The van der Waals surface area contributed by atoms with E-state index in [4.69, 9.17) is 16.3 Å². The third-order valence-corrected chi connectivity index (χ3v) is 5.63. The van der Waals surface area contributed by atoms with E-state index in [1.54, 1.807) is 0 Å². The number of likely N-dealkylation sites (N-methyl/N-ethyl adjacent to an activating group) is 1. The third-order valence-electron chi connectivity index (χ3n) is 5.35. The number of nitrogens with zero attached hydrogens (tertiary/aromatic N) is 2. The zero-order chi connectivity index (χ0) is 18.0. The van der Waals surface area contributed by atoms with Crippen LogP contribution in [0, 0.1) is 10.1 Å². The van der Waals surface area contributed by atoms with Crippen LogP contribution in [0.2, 0.25) is 5.02 Å². The Kier molecular flexibility index (Phi) is 3.19. The van der Waals surface area contributed by atoms with Crippen LogP contribution in [0.3, 0.4) is 0 Å². The van der Waals surface area contributed by atoms with Crippen molar-refractivity contribution in [2.24, 2.45) is 0 Å². The number of halogens is 1. The van der Waals surface area contributed by atoms with Crippen molar-refractivity contribution in [2.45, 2.75) is 25.0 Å². The lowest BCUT2D eigenvalue weighted by Crippen LogP contribution is -2.58. The van der Waals surface area contributed by atoms with Gasteiger partial charge in [-0.15, -0.1) is 0 Å². The van der Waals surface area contributed by atoms with Crippen LogP contribution in [-0.4, -0.2) is 17.7 Å². The van der Waals surface area contributed by atoms with Crippen LogP contribution in [0.4, 0.5) is 11.4 Å². The summed E-state index contributed by atoms with van der Waals surface area (Å²) in [4.78, 5) is 12.7. The quantitative estimate of drug-likeness (QED) is 0.545. The largest absolute Gasteiger partial charge is 0.461 e. The van der Waals surface area contributed by atoms with Gasteiger partial charge in [0.25, 0.3) is 5.69 Å². The summed E-state index contributed by atoms with van der Waals surface area (Å²) >= 11 is 6.32. The lowest BCUT2D eigenvalue weighted by Gasteiger charge is -2.45. The first kappa shape index (κ1) is 16.0. The Morgan fingerprint density at radius 2 is 1.96 bits per heavy atom. The number of para-hydroxylation sites is 1. The Morgan fingerprint density at radius 3 is 2.64 bits per heavy atom. The summed E-state index contributed by atoms with van der Waals surface area (Å²) in [6.07, 6.45) is 3.83. The van der Waals surface area contributed by atoms with E-state index in [1.165, 1.54) is 17.7 Å². The van der Waals surface area contributed by atoms with Gasteiger partial charge in [0.1, 0.15) is 5.75 Å². The summed E-state index contributed by atoms with van der Waals surface area (Å²) in [5.41, 5.74) is 1.77. The number of ether oxygens (including phenoxy) is 1. The lowest BCUT2D eigenvalue weighted by molar-refractivity contribution is -0.384. The molecule has 0 radical (unpaired) electrons. The number of hydrogen-bond donors (Lipinski definition) is 0. The van der Waals surface area contributed by atoms with Gasteiger partial charge in [-0.05, 0) is 37.6 Å². The molecule has 2 heterocycles. The van der Waals surface area contributed by atoms with Crippen LogP contribution >= 0.6 is 11.6 Å². The average Bonchev–Trinajstić information content (AvgIpc) is 2.75. The van der Waals surface area contributed by atoms with E-state index in [0.717, 1.165) is 5.69 Å². The first-order valence-electron chi connectivity index (χ1n) is 7.97. The van der Waals surface area contributed by atoms with Gasteiger partial charge in [0.15, 0.2) is 0 Å². The van der Waals surface area contributed by atoms with Crippen molar-refractivity contribution in [3.05, 3.63) is 68.7 Å². The van der Waals surface area contributed by atoms with Crippen molar-refractivity contribution >= 4 is 29.1 Å². The van der Waals surface area contributed by atoms with Crippen LogP contribution in [0.15, 0.2) is 42.5 Å². The van der Waals surface area contributed by atoms with Gasteiger partial charge in [-0.25, -0.2) is 0 Å². The second-order valence-corrected chi connectivity index (χ2v) is 7.34. The maximum Gasteiger partial charge on any atom is 0.271 e. The fraction of sp³-hybridized carbons (Fsp3) is 0.263. The molecule has 25 heavy (non-hydrogen) atoms. The topological polar surface area (TPSA) is 55.6 Å². The highest BCUT2D eigenvalue weighted by Crippen LogP contribution is 2.55. The van der Waals surface area contributed by atoms with E-state index in [9.17, 15) is 10.1 Å². The summed E-state index contributed by atoms with van der Waals surface area (Å²) in [6, 6.07) is 11.0. The van der Waals surface area contributed by atoms with Crippen molar-refractivity contribution in [1.29, 1.82) is 0 Å². The van der Waals surface area contributed by atoms with Gasteiger partial charge < -0.3 is 9.64 Å². The van der Waals surface area contributed by atoms with Crippen molar-refractivity contribution < 1.29 is 9.66 Å². The predicted molar refractivity (Wildman–Crippen MR) is 98.4 cm³/mol. The molecule has 0 amide bonds. The number of benzene rings is 2. The molecule has 1 atom stereocenters. The number of non-ortho nitro benzene ring substituents is 1. The molecule has 2 aliphatic rings. The fourth-order valence-corrected chi connectivity index (χ4v) is 4.19. The van der Waals surface area contributed by atoms with Gasteiger partial charge in [0.05, 0.1) is 15.4 Å². The molecule has 6 heteroatoms. The highest BCUT2D eigenvalue weighted by Gasteiger charge is 2.57. The molecule has 5 nitrogen and oxygen atoms in total. The second-order valence-electron chi connectivity index (χ2n) is 6.94. The smallest absolute Gasteiger partial charge is 0.271 e. The molecule has 128 valence electrons. The summed E-state index contributed by atoms with van der Waals surface area (Å²) in [6.45, 7) is 4.26. The van der Waals surface area contributed by atoms with Gasteiger partial charge >= 0.3 is 0 Å². The van der Waals surface area contributed by atoms with Gasteiger partial charge in [0.2, 0.25) is 5.72 Å². The fourth-order valence-electron chi connectivity index (χ4n) is 3.93. The Hall–Kier alpha value is -2.53. The third kappa shape index (κ3) is 1.96. The first-order valence-corrected chi connectivity index (χ1v) is 8.35. The molecular weight excluding hydrogens is 340 g/mol. The molecule has 1 spiro atoms. The molecule has 0 fully saturated rings. The monoisotopic (exact) mass is 356 g/mol. The molecular formula is C19H17ClN2O3. The molecule has 0 aromatic heterocycles. The summed E-state index contributed by atoms with van der Waals surface area (Å²) < 4.78 is 6.44. The molecule has 1 unspecified atom stereocenters. The molecule has 4 rings (SSSR count). The van der Waals surface area contributed by atoms with Gasteiger partial charge in [-0.3, -0.25) is 10.1 Å². The van der Waals surface area contributed by atoms with Gasteiger partial charge in [-0.2, -0.15) is 0 Å². The van der Waals surface area contributed by atoms with Gasteiger partial charge in [0, 0.05) is 30.4 Å². The number of nitro benzene ring substituents is 1. The number of hydrogen-bond acceptors (Lipinski definition) is 4. The first-order chi connectivity index (χ1) is 11.8. The SMILES string of the molecule is CN1c2ccccc2C(C)(C)C12C=Cc1cc([N+](=O)[O-])cc(Cl)c1O2. The van der Waals surface area contributed by atoms with Crippen LogP contribution in [-0.2, 0) is 5.41 Å². The number of rotatable bonds is 1. The van der Waals surface area contributed by atoms with Crippen molar-refractivity contribution in [1.82, 2.24) is 0 Å². The molecule has 2 aromatic carbocycles. The maximum absolute atomic E-state index is 11.1. The molecule has 2 aromatic rings. The highest BCUT2D eigenvalue weighted by atomic mass is 35.5. The van der Waals surface area contributed by atoms with Crippen molar-refractivity contribution in [3.8, 4) is 5.75 Å². The Morgan fingerprint density at radius 1 is 1.24 bits per heavy atom. The minimum absolute atomic E-state index is 0.0460. The summed E-state index contributed by atoms with van der Waals surface area (Å²) in [5.74, 6) is 0.475. The minimum atomic E-state index is -0.747.